The first-order chi connectivity index (χ1) is 10.8. The SMILES string of the molecule is CC[C@@H]1CCc2c(sc3c2C(=O)N[C@H](c2ccccc2)N3)C1. The molecular weight excluding hydrogens is 292 g/mol. The maximum Gasteiger partial charge on any atom is 0.256 e. The smallest absolute Gasteiger partial charge is 0.256 e. The van der Waals surface area contributed by atoms with Crippen LogP contribution in [0.2, 0.25) is 0 Å². The summed E-state index contributed by atoms with van der Waals surface area (Å²) in [5.41, 5.74) is 3.29. The summed E-state index contributed by atoms with van der Waals surface area (Å²) in [5, 5.41) is 7.68. The van der Waals surface area contributed by atoms with Crippen LogP contribution in [0.25, 0.3) is 0 Å². The summed E-state index contributed by atoms with van der Waals surface area (Å²) in [5.74, 6) is 0.857. The van der Waals surface area contributed by atoms with Gasteiger partial charge >= 0.3 is 0 Å². The maximum absolute atomic E-state index is 12.6. The topological polar surface area (TPSA) is 41.1 Å². The molecule has 1 aliphatic carbocycles. The van der Waals surface area contributed by atoms with E-state index in [9.17, 15) is 4.79 Å². The van der Waals surface area contributed by atoms with Gasteiger partial charge in [0.2, 0.25) is 0 Å². The average Bonchev–Trinajstić information content (AvgIpc) is 2.93. The molecule has 0 bridgehead atoms. The standard InChI is InChI=1S/C18H20N2OS/c1-2-11-8-9-13-14(10-11)22-18-15(13)17(21)19-16(20-18)12-6-4-3-5-7-12/h3-7,11,16,20H,2,8-10H2,1H3,(H,19,21)/t11-,16+/m1/s1. The molecule has 0 saturated carbocycles. The zero-order valence-electron chi connectivity index (χ0n) is 12.7. The monoisotopic (exact) mass is 312 g/mol. The van der Waals surface area contributed by atoms with Gasteiger partial charge in [-0.05, 0) is 36.3 Å². The molecule has 0 fully saturated rings. The average molecular weight is 312 g/mol. The van der Waals surface area contributed by atoms with Crippen LogP contribution in [0.1, 0.15) is 52.3 Å². The van der Waals surface area contributed by atoms with Gasteiger partial charge in [-0.3, -0.25) is 4.79 Å². The summed E-state index contributed by atoms with van der Waals surface area (Å²) < 4.78 is 0. The van der Waals surface area contributed by atoms with Crippen LogP contribution >= 0.6 is 11.3 Å². The van der Waals surface area contributed by atoms with E-state index >= 15 is 0 Å². The first kappa shape index (κ1) is 13.8. The maximum atomic E-state index is 12.6. The molecule has 114 valence electrons. The molecular formula is C18H20N2OS. The molecule has 22 heavy (non-hydrogen) atoms. The van der Waals surface area contributed by atoms with E-state index in [1.807, 2.05) is 30.3 Å². The van der Waals surface area contributed by atoms with Gasteiger partial charge in [0.25, 0.3) is 5.91 Å². The lowest BCUT2D eigenvalue weighted by molar-refractivity contribution is 0.0935. The van der Waals surface area contributed by atoms with Gasteiger partial charge in [-0.2, -0.15) is 0 Å². The quantitative estimate of drug-likeness (QED) is 0.876. The first-order valence-electron chi connectivity index (χ1n) is 8.03. The van der Waals surface area contributed by atoms with Gasteiger partial charge in [0.05, 0.1) is 5.56 Å². The molecule has 2 atom stereocenters. The Morgan fingerprint density at radius 3 is 2.82 bits per heavy atom. The molecule has 1 aliphatic heterocycles. The van der Waals surface area contributed by atoms with E-state index in [0.717, 1.165) is 34.9 Å². The van der Waals surface area contributed by atoms with Crippen molar-refractivity contribution in [2.45, 2.75) is 38.8 Å². The van der Waals surface area contributed by atoms with Crippen molar-refractivity contribution in [3.8, 4) is 0 Å². The number of nitrogens with one attached hydrogen (secondary N) is 2. The van der Waals surface area contributed by atoms with Crippen molar-refractivity contribution in [3.63, 3.8) is 0 Å². The minimum atomic E-state index is -0.122. The molecule has 2 heterocycles. The molecule has 1 aromatic carbocycles. The third kappa shape index (κ3) is 2.22. The number of amides is 1. The summed E-state index contributed by atoms with van der Waals surface area (Å²) in [6, 6.07) is 10.1. The lowest BCUT2D eigenvalue weighted by Gasteiger charge is -2.27. The zero-order valence-corrected chi connectivity index (χ0v) is 13.5. The number of carbonyl (C=O) groups excluding carboxylic acids is 1. The molecule has 0 spiro atoms. The lowest BCUT2D eigenvalue weighted by Crippen LogP contribution is -2.38. The Morgan fingerprint density at radius 2 is 2.05 bits per heavy atom. The number of hydrogen-bond acceptors (Lipinski definition) is 3. The molecule has 2 aromatic rings. The predicted octanol–water partition coefficient (Wildman–Crippen LogP) is 4.12. The molecule has 2 aliphatic rings. The number of hydrogen-bond donors (Lipinski definition) is 2. The summed E-state index contributed by atoms with van der Waals surface area (Å²) in [6.45, 7) is 2.26. The highest BCUT2D eigenvalue weighted by molar-refractivity contribution is 7.16. The minimum absolute atomic E-state index is 0.0788. The van der Waals surface area contributed by atoms with Crippen molar-refractivity contribution in [1.82, 2.24) is 5.32 Å². The van der Waals surface area contributed by atoms with Crippen LogP contribution in [0.4, 0.5) is 5.00 Å². The van der Waals surface area contributed by atoms with Crippen LogP contribution in [-0.4, -0.2) is 5.91 Å². The van der Waals surface area contributed by atoms with Gasteiger partial charge in [0.1, 0.15) is 11.2 Å². The van der Waals surface area contributed by atoms with Crippen LogP contribution in [0.5, 0.6) is 0 Å². The molecule has 2 N–H and O–H groups in total. The van der Waals surface area contributed by atoms with E-state index in [2.05, 4.69) is 17.6 Å². The fourth-order valence-electron chi connectivity index (χ4n) is 3.53. The van der Waals surface area contributed by atoms with Crippen molar-refractivity contribution in [2.75, 3.05) is 5.32 Å². The lowest BCUT2D eigenvalue weighted by atomic mass is 9.85. The highest BCUT2D eigenvalue weighted by Gasteiger charge is 2.33. The molecule has 0 unspecified atom stereocenters. The second kappa shape index (κ2) is 5.43. The zero-order chi connectivity index (χ0) is 15.1. The molecule has 3 nitrogen and oxygen atoms in total. The van der Waals surface area contributed by atoms with E-state index < -0.39 is 0 Å². The Balaban J connectivity index is 1.68. The fourth-order valence-corrected chi connectivity index (χ4v) is 4.91. The summed E-state index contributed by atoms with van der Waals surface area (Å²) in [6.07, 6.45) is 4.50. The summed E-state index contributed by atoms with van der Waals surface area (Å²) in [7, 11) is 0. The number of fused-ring (bicyclic) bond motifs is 3. The third-order valence-corrected chi connectivity index (χ3v) is 6.04. The van der Waals surface area contributed by atoms with Gasteiger partial charge < -0.3 is 10.6 Å². The second-order valence-electron chi connectivity index (χ2n) is 6.19. The van der Waals surface area contributed by atoms with Gasteiger partial charge in [-0.1, -0.05) is 43.7 Å². The van der Waals surface area contributed by atoms with Crippen molar-refractivity contribution in [3.05, 3.63) is 51.9 Å². The van der Waals surface area contributed by atoms with Crippen LogP contribution in [0.15, 0.2) is 30.3 Å². The molecule has 0 radical (unpaired) electrons. The molecule has 1 amide bonds. The van der Waals surface area contributed by atoms with Crippen LogP contribution in [0, 0.1) is 5.92 Å². The second-order valence-corrected chi connectivity index (χ2v) is 7.29. The van der Waals surface area contributed by atoms with Crippen molar-refractivity contribution >= 4 is 22.2 Å². The number of anilines is 1. The fraction of sp³-hybridized carbons (Fsp3) is 0.389. The Labute approximate surface area is 134 Å². The minimum Gasteiger partial charge on any atom is -0.353 e. The van der Waals surface area contributed by atoms with Gasteiger partial charge in [-0.15, -0.1) is 11.3 Å². The normalized spacial score (nSPS) is 23.2. The Hall–Kier alpha value is -1.81. The number of thiophene rings is 1. The highest BCUT2D eigenvalue weighted by Crippen LogP contribution is 2.43. The van der Waals surface area contributed by atoms with Crippen LogP contribution in [0.3, 0.4) is 0 Å². The Morgan fingerprint density at radius 1 is 1.23 bits per heavy atom. The molecule has 1 aromatic heterocycles. The number of carbonyl (C=O) groups is 1. The van der Waals surface area contributed by atoms with Gasteiger partial charge in [-0.25, -0.2) is 0 Å². The number of rotatable bonds is 2. The summed E-state index contributed by atoms with van der Waals surface area (Å²) in [4.78, 5) is 14.0. The van der Waals surface area contributed by atoms with E-state index in [1.165, 1.54) is 23.3 Å². The highest BCUT2D eigenvalue weighted by atomic mass is 32.1. The van der Waals surface area contributed by atoms with Gasteiger partial charge in [0.15, 0.2) is 0 Å². The molecule has 0 saturated heterocycles. The third-order valence-electron chi connectivity index (χ3n) is 4.86. The molecule has 4 heteroatoms. The van der Waals surface area contributed by atoms with Crippen LogP contribution in [-0.2, 0) is 12.8 Å². The van der Waals surface area contributed by atoms with Crippen molar-refractivity contribution in [1.29, 1.82) is 0 Å². The van der Waals surface area contributed by atoms with E-state index in [4.69, 9.17) is 0 Å². The number of benzene rings is 1. The van der Waals surface area contributed by atoms with Crippen molar-refractivity contribution in [2.24, 2.45) is 5.92 Å². The van der Waals surface area contributed by atoms with E-state index in [0.29, 0.717) is 0 Å². The van der Waals surface area contributed by atoms with Gasteiger partial charge in [0, 0.05) is 4.88 Å². The largest absolute Gasteiger partial charge is 0.353 e. The Bertz CT molecular complexity index is 707. The molecule has 4 rings (SSSR count). The van der Waals surface area contributed by atoms with Crippen molar-refractivity contribution < 1.29 is 4.79 Å². The Kier molecular flexibility index (Phi) is 3.41. The van der Waals surface area contributed by atoms with Crippen LogP contribution < -0.4 is 10.6 Å². The first-order valence-corrected chi connectivity index (χ1v) is 8.84. The van der Waals surface area contributed by atoms with E-state index in [-0.39, 0.29) is 12.1 Å². The van der Waals surface area contributed by atoms with E-state index in [1.54, 1.807) is 11.3 Å². The predicted molar refractivity (Wildman–Crippen MR) is 90.4 cm³/mol. The summed E-state index contributed by atoms with van der Waals surface area (Å²) >= 11 is 1.79.